The van der Waals surface area contributed by atoms with Gasteiger partial charge >= 0.3 is 0 Å². The zero-order valence-electron chi connectivity index (χ0n) is 50.9. The Kier molecular flexibility index (Phi) is 7.54. The molecule has 0 saturated heterocycles. The summed E-state index contributed by atoms with van der Waals surface area (Å²) in [7, 11) is 0. The SMILES string of the molecule is [2H]c1c([2H])c([2H])c(-c2cccc(-c3cc(C(C)(C)C)cc(C(C)(C)C)c3)c2N2CN(c3ccc(C(C)(C)C)c(Oc4ccc5c6c([2H])c([2H])c([2H])c([2H])c6n(-c6cc(C([2H])([2H])[2H])ccn6)c5c4)c3)c3ccccc32)c([2H])c1[2H]. The van der Waals surface area contributed by atoms with E-state index < -0.39 is 42.5 Å². The molecule has 2 aromatic heterocycles. The van der Waals surface area contributed by atoms with Crippen LogP contribution in [0.4, 0.5) is 22.7 Å². The van der Waals surface area contributed by atoms with E-state index in [1.54, 1.807) is 22.8 Å². The summed E-state index contributed by atoms with van der Waals surface area (Å²) in [6.45, 7) is 17.1. The highest BCUT2D eigenvalue weighted by atomic mass is 16.5. The van der Waals surface area contributed by atoms with E-state index in [1.165, 1.54) is 18.3 Å². The lowest BCUT2D eigenvalue weighted by molar-refractivity contribution is 0.456. The molecule has 9 aromatic rings. The van der Waals surface area contributed by atoms with Gasteiger partial charge in [-0.1, -0.05) is 165 Å². The number of benzene rings is 7. The third kappa shape index (κ3) is 7.81. The van der Waals surface area contributed by atoms with Crippen molar-refractivity contribution in [3.05, 3.63) is 192 Å². The van der Waals surface area contributed by atoms with Crippen LogP contribution in [-0.2, 0) is 16.2 Å². The van der Waals surface area contributed by atoms with E-state index in [9.17, 15) is 2.74 Å². The zero-order valence-corrected chi connectivity index (χ0v) is 38.9. The highest BCUT2D eigenvalue weighted by molar-refractivity contribution is 6.09. The Bertz CT molecular complexity index is 3880. The number of hydrogen-bond acceptors (Lipinski definition) is 4. The maximum absolute atomic E-state index is 9.28. The number of nitrogens with zero attached hydrogens (tertiary/aromatic N) is 4. The highest BCUT2D eigenvalue weighted by Gasteiger charge is 2.33. The van der Waals surface area contributed by atoms with Crippen LogP contribution in [0.25, 0.3) is 49.9 Å². The molecule has 0 atom stereocenters. The fourth-order valence-electron chi connectivity index (χ4n) is 8.98. The molecule has 0 saturated carbocycles. The monoisotopic (exact) mass is 877 g/mol. The van der Waals surface area contributed by atoms with Gasteiger partial charge in [-0.25, -0.2) is 4.98 Å². The van der Waals surface area contributed by atoms with Gasteiger partial charge in [-0.05, 0) is 99.4 Å². The Morgan fingerprint density at radius 3 is 1.95 bits per heavy atom. The Balaban J connectivity index is 1.16. The maximum Gasteiger partial charge on any atom is 0.137 e. The summed E-state index contributed by atoms with van der Waals surface area (Å²) in [5, 5.41) is 0.748. The van der Waals surface area contributed by atoms with Crippen molar-refractivity contribution in [3.8, 4) is 39.6 Å². The second-order valence-corrected chi connectivity index (χ2v) is 20.2. The van der Waals surface area contributed by atoms with Crippen molar-refractivity contribution in [2.45, 2.75) is 85.4 Å². The van der Waals surface area contributed by atoms with E-state index in [0.717, 1.165) is 44.9 Å². The first kappa shape index (κ1) is 30.9. The molecule has 1 aliphatic rings. The second-order valence-electron chi connectivity index (χ2n) is 20.2. The number of hydrogen-bond donors (Lipinski definition) is 0. The molecule has 3 heterocycles. The Morgan fingerprint density at radius 1 is 0.576 bits per heavy atom. The molecule has 66 heavy (non-hydrogen) atoms. The average Bonchev–Trinajstić information content (AvgIpc) is 4.01. The minimum absolute atomic E-state index is 0.0163. The normalized spacial score (nSPS) is 16.0. The van der Waals surface area contributed by atoms with Crippen LogP contribution in [0, 0.1) is 6.85 Å². The summed E-state index contributed by atoms with van der Waals surface area (Å²) in [6, 6.07) is 31.3. The number of fused-ring (bicyclic) bond motifs is 4. The largest absolute Gasteiger partial charge is 0.457 e. The minimum Gasteiger partial charge on any atom is -0.457 e. The van der Waals surface area contributed by atoms with Gasteiger partial charge in [-0.3, -0.25) is 4.57 Å². The van der Waals surface area contributed by atoms with E-state index in [-0.39, 0.29) is 69.5 Å². The van der Waals surface area contributed by atoms with Gasteiger partial charge in [0.25, 0.3) is 0 Å². The van der Waals surface area contributed by atoms with E-state index in [2.05, 4.69) is 95.3 Å². The molecule has 10 rings (SSSR count). The van der Waals surface area contributed by atoms with E-state index >= 15 is 0 Å². The lowest BCUT2D eigenvalue weighted by atomic mass is 9.78. The van der Waals surface area contributed by atoms with Crippen molar-refractivity contribution in [3.63, 3.8) is 0 Å². The topological polar surface area (TPSA) is 33.5 Å². The summed E-state index contributed by atoms with van der Waals surface area (Å²) in [5.41, 5.74) is 8.29. The molecule has 330 valence electrons. The summed E-state index contributed by atoms with van der Waals surface area (Å²) in [4.78, 5) is 8.86. The Morgan fingerprint density at radius 2 is 1.26 bits per heavy atom. The smallest absolute Gasteiger partial charge is 0.137 e. The molecule has 0 fully saturated rings. The van der Waals surface area contributed by atoms with Gasteiger partial charge in [0.15, 0.2) is 0 Å². The molecule has 5 heteroatoms. The molecule has 0 bridgehead atoms. The van der Waals surface area contributed by atoms with Gasteiger partial charge in [-0.2, -0.15) is 0 Å². The van der Waals surface area contributed by atoms with Gasteiger partial charge in [0.1, 0.15) is 24.0 Å². The fourth-order valence-corrected chi connectivity index (χ4v) is 8.98. The van der Waals surface area contributed by atoms with Crippen LogP contribution in [0.15, 0.2) is 170 Å². The zero-order chi connectivity index (χ0) is 56.5. The molecule has 7 aromatic carbocycles. The second kappa shape index (κ2) is 16.1. The summed E-state index contributed by atoms with van der Waals surface area (Å²) in [6.07, 6.45) is 1.38. The first-order chi connectivity index (χ1) is 36.5. The van der Waals surface area contributed by atoms with Crippen molar-refractivity contribution in [1.82, 2.24) is 9.55 Å². The molecular formula is C61H60N4O. The van der Waals surface area contributed by atoms with Crippen LogP contribution in [0.2, 0.25) is 0 Å². The van der Waals surface area contributed by atoms with Crippen molar-refractivity contribution >= 4 is 44.6 Å². The summed E-state index contributed by atoms with van der Waals surface area (Å²) < 4.78 is 113. The Labute approximate surface area is 407 Å². The predicted molar refractivity (Wildman–Crippen MR) is 279 cm³/mol. The first-order valence-corrected chi connectivity index (χ1v) is 22.3. The number of aromatic nitrogens is 2. The quantitative estimate of drug-likeness (QED) is 0.160. The van der Waals surface area contributed by atoms with Crippen molar-refractivity contribution in [1.29, 1.82) is 0 Å². The van der Waals surface area contributed by atoms with Crippen LogP contribution in [-0.4, -0.2) is 16.2 Å². The number of pyridine rings is 1. The van der Waals surface area contributed by atoms with Crippen molar-refractivity contribution < 1.29 is 21.2 Å². The minimum atomic E-state index is -2.48. The van der Waals surface area contributed by atoms with Gasteiger partial charge in [-0.15, -0.1) is 0 Å². The van der Waals surface area contributed by atoms with Crippen LogP contribution in [0.1, 0.15) is 101 Å². The van der Waals surface area contributed by atoms with Crippen LogP contribution >= 0.6 is 0 Å². The molecule has 5 nitrogen and oxygen atoms in total. The predicted octanol–water partition coefficient (Wildman–Crippen LogP) is 16.8. The fraction of sp³-hybridized carbons (Fsp3) is 0.230. The Hall–Kier alpha value is -7.11. The third-order valence-corrected chi connectivity index (χ3v) is 12.5. The van der Waals surface area contributed by atoms with E-state index in [4.69, 9.17) is 18.4 Å². The standard InChI is InChI=1S/C61H60N4O/c1-40-31-32-62-57(33-40)65-52-24-15-14-21-49(52)50-29-28-46(38-55(50)65)66-56-37-45(27-30-51(56)61(8,9)10)63-39-64(54-26-17-16-25-53(54)63)58-47(41-19-12-11-13-20-41)22-18-23-48(58)42-34-43(59(2,3)4)36-44(35-42)60(5,6)7/h11-38H,39H2,1-10H3/i1D3,11D,12D,13D,14D,15D,19D,20D,21D,24D. The lowest BCUT2D eigenvalue weighted by Crippen LogP contribution is -2.25. The van der Waals surface area contributed by atoms with Crippen LogP contribution < -0.4 is 14.5 Å². The number of anilines is 4. The van der Waals surface area contributed by atoms with Crippen LogP contribution in [0.5, 0.6) is 11.5 Å². The third-order valence-electron chi connectivity index (χ3n) is 12.5. The average molecular weight is 877 g/mol. The highest BCUT2D eigenvalue weighted by Crippen LogP contribution is 2.52. The van der Waals surface area contributed by atoms with E-state index in [1.807, 2.05) is 60.7 Å². The van der Waals surface area contributed by atoms with Gasteiger partial charge in [0, 0.05) is 55.6 Å². The molecule has 0 amide bonds. The number of rotatable bonds is 7. The molecule has 0 N–H and O–H groups in total. The summed E-state index contributed by atoms with van der Waals surface area (Å²) in [5.74, 6) is 1.07. The van der Waals surface area contributed by atoms with Gasteiger partial charge in [0.2, 0.25) is 0 Å². The molecule has 0 radical (unpaired) electrons. The molecule has 0 spiro atoms. The van der Waals surface area contributed by atoms with Crippen molar-refractivity contribution in [2.75, 3.05) is 16.5 Å². The molecule has 0 unspecified atom stereocenters. The molecular weight excluding hydrogens is 805 g/mol. The van der Waals surface area contributed by atoms with Crippen LogP contribution in [0.3, 0.4) is 0 Å². The summed E-state index contributed by atoms with van der Waals surface area (Å²) >= 11 is 0. The van der Waals surface area contributed by atoms with Gasteiger partial charge in [0.05, 0.1) is 40.4 Å². The van der Waals surface area contributed by atoms with Crippen molar-refractivity contribution in [2.24, 2.45) is 0 Å². The first-order valence-electron chi connectivity index (χ1n) is 28.3. The van der Waals surface area contributed by atoms with E-state index in [0.29, 0.717) is 33.7 Å². The number of para-hydroxylation sites is 4. The van der Waals surface area contributed by atoms with Gasteiger partial charge < -0.3 is 14.5 Å². The maximum atomic E-state index is 9.28. The molecule has 0 aliphatic carbocycles. The lowest BCUT2D eigenvalue weighted by Gasteiger charge is -2.30. The number of aryl methyl sites for hydroxylation is 1. The molecule has 1 aliphatic heterocycles. The number of ether oxygens (including phenoxy) is 1.